The molecular weight excluding hydrogens is 365 g/mol. The fourth-order valence-electron chi connectivity index (χ4n) is 4.35. The number of aromatic nitrogens is 1. The van der Waals surface area contributed by atoms with Crippen molar-refractivity contribution in [1.29, 1.82) is 0 Å². The van der Waals surface area contributed by atoms with Crippen LogP contribution in [-0.4, -0.2) is 46.6 Å². The van der Waals surface area contributed by atoms with E-state index in [1.54, 1.807) is 11.5 Å². The highest BCUT2D eigenvalue weighted by Gasteiger charge is 2.35. The molecule has 1 unspecified atom stereocenters. The van der Waals surface area contributed by atoms with E-state index in [1.807, 2.05) is 18.7 Å². The van der Waals surface area contributed by atoms with E-state index in [4.69, 9.17) is 0 Å². The van der Waals surface area contributed by atoms with Crippen molar-refractivity contribution in [2.24, 2.45) is 0 Å². The Hall–Kier alpha value is -2.74. The lowest BCUT2D eigenvalue weighted by atomic mass is 9.91. The van der Waals surface area contributed by atoms with E-state index >= 15 is 4.39 Å². The summed E-state index contributed by atoms with van der Waals surface area (Å²) in [6.07, 6.45) is 1.40. The van der Waals surface area contributed by atoms with Crippen molar-refractivity contribution in [1.82, 2.24) is 9.88 Å². The van der Waals surface area contributed by atoms with Crippen LogP contribution in [0.5, 0.6) is 0 Å². The number of carbonyl (C=O) groups is 2. The maximum absolute atomic E-state index is 15.2. The molecule has 2 aromatic rings. The van der Waals surface area contributed by atoms with E-state index in [0.29, 0.717) is 25.2 Å². The van der Waals surface area contributed by atoms with Crippen molar-refractivity contribution in [3.63, 3.8) is 0 Å². The van der Waals surface area contributed by atoms with Gasteiger partial charge >= 0.3 is 5.97 Å². The standard InChI is InChI=1S/C20H22FN3O4/c1-10-6-14(25)15-16-11(18(26)12(19(27)28)8-24(10)16)7-13(21)17(15)23-5-4-22-20(2,3)9-23/h7-8,10,22H,4-6,9H2,1-3H3,(H,27,28). The summed E-state index contributed by atoms with van der Waals surface area (Å²) in [7, 11) is 0. The second kappa shape index (κ2) is 6.13. The van der Waals surface area contributed by atoms with Crippen LogP contribution in [0, 0.1) is 5.82 Å². The molecule has 1 saturated heterocycles. The molecule has 3 heterocycles. The fourth-order valence-corrected chi connectivity index (χ4v) is 4.35. The number of hydrogen-bond donors (Lipinski definition) is 2. The van der Waals surface area contributed by atoms with Gasteiger partial charge < -0.3 is 19.9 Å². The number of benzene rings is 1. The molecule has 2 aliphatic heterocycles. The van der Waals surface area contributed by atoms with Gasteiger partial charge in [0.25, 0.3) is 0 Å². The number of nitrogens with one attached hydrogen (secondary N) is 1. The first-order chi connectivity index (χ1) is 13.1. The van der Waals surface area contributed by atoms with Crippen molar-refractivity contribution in [2.75, 3.05) is 24.5 Å². The smallest absolute Gasteiger partial charge is 0.341 e. The number of carboxylic acid groups (broad SMARTS) is 1. The van der Waals surface area contributed by atoms with E-state index in [9.17, 15) is 19.5 Å². The van der Waals surface area contributed by atoms with Gasteiger partial charge in [0.1, 0.15) is 11.4 Å². The molecule has 0 amide bonds. The molecule has 7 nitrogen and oxygen atoms in total. The van der Waals surface area contributed by atoms with E-state index < -0.39 is 22.8 Å². The summed E-state index contributed by atoms with van der Waals surface area (Å²) in [5.41, 5.74) is -0.742. The first-order valence-corrected chi connectivity index (χ1v) is 9.28. The lowest BCUT2D eigenvalue weighted by Gasteiger charge is -2.41. The highest BCUT2D eigenvalue weighted by Crippen LogP contribution is 2.38. The molecule has 28 heavy (non-hydrogen) atoms. The normalized spacial score (nSPS) is 21.2. The van der Waals surface area contributed by atoms with Crippen molar-refractivity contribution in [2.45, 2.75) is 38.8 Å². The SMILES string of the molecule is CC1CC(=O)c2c(N3CCNC(C)(C)C3)c(F)cc3c(=O)c(C(=O)O)cn1c23. The molecule has 1 aromatic carbocycles. The Morgan fingerprint density at radius 3 is 2.71 bits per heavy atom. The number of rotatable bonds is 2. The van der Waals surface area contributed by atoms with Crippen LogP contribution in [-0.2, 0) is 0 Å². The lowest BCUT2D eigenvalue weighted by Crippen LogP contribution is -2.57. The fraction of sp³-hybridized carbons (Fsp3) is 0.450. The van der Waals surface area contributed by atoms with Crippen LogP contribution in [0.1, 0.15) is 53.9 Å². The third-order valence-electron chi connectivity index (χ3n) is 5.59. The average Bonchev–Trinajstić information content (AvgIpc) is 2.59. The highest BCUT2D eigenvalue weighted by atomic mass is 19.1. The van der Waals surface area contributed by atoms with Gasteiger partial charge in [-0.1, -0.05) is 0 Å². The molecule has 2 N–H and O–H groups in total. The number of nitrogens with zero attached hydrogens (tertiary/aromatic N) is 2. The maximum atomic E-state index is 15.2. The third-order valence-corrected chi connectivity index (χ3v) is 5.59. The topological polar surface area (TPSA) is 91.6 Å². The Kier molecular flexibility index (Phi) is 4.08. The van der Waals surface area contributed by atoms with Gasteiger partial charge in [-0.05, 0) is 26.8 Å². The highest BCUT2D eigenvalue weighted by molar-refractivity contribution is 6.13. The molecule has 0 spiro atoms. The van der Waals surface area contributed by atoms with Gasteiger partial charge in [-0.2, -0.15) is 0 Å². The van der Waals surface area contributed by atoms with Crippen molar-refractivity contribution in [3.05, 3.63) is 39.4 Å². The van der Waals surface area contributed by atoms with Crippen LogP contribution in [0.15, 0.2) is 17.1 Å². The van der Waals surface area contributed by atoms with E-state index in [-0.39, 0.29) is 40.4 Å². The van der Waals surface area contributed by atoms with Gasteiger partial charge in [-0.15, -0.1) is 0 Å². The number of hydrogen-bond acceptors (Lipinski definition) is 5. The largest absolute Gasteiger partial charge is 0.477 e. The second-order valence-corrected chi connectivity index (χ2v) is 8.27. The quantitative estimate of drug-likeness (QED) is 0.821. The van der Waals surface area contributed by atoms with Crippen molar-refractivity contribution >= 4 is 28.3 Å². The Bertz CT molecular complexity index is 1090. The zero-order chi connectivity index (χ0) is 20.4. The zero-order valence-corrected chi connectivity index (χ0v) is 16.0. The maximum Gasteiger partial charge on any atom is 0.341 e. The lowest BCUT2D eigenvalue weighted by molar-refractivity contribution is 0.0694. The number of carbonyl (C=O) groups excluding carboxylic acids is 1. The summed E-state index contributed by atoms with van der Waals surface area (Å²) in [4.78, 5) is 39.0. The second-order valence-electron chi connectivity index (χ2n) is 8.27. The minimum absolute atomic E-state index is 0.0644. The Morgan fingerprint density at radius 1 is 1.36 bits per heavy atom. The molecule has 0 saturated carbocycles. The molecule has 0 radical (unpaired) electrons. The van der Waals surface area contributed by atoms with E-state index in [1.165, 1.54) is 6.20 Å². The number of pyridine rings is 1. The van der Waals surface area contributed by atoms with Gasteiger partial charge in [0.15, 0.2) is 5.78 Å². The van der Waals surface area contributed by atoms with Crippen LogP contribution in [0.25, 0.3) is 10.9 Å². The summed E-state index contributed by atoms with van der Waals surface area (Å²) in [6.45, 7) is 7.46. The predicted molar refractivity (Wildman–Crippen MR) is 103 cm³/mol. The summed E-state index contributed by atoms with van der Waals surface area (Å²) < 4.78 is 16.9. The van der Waals surface area contributed by atoms with E-state index in [2.05, 4.69) is 5.32 Å². The van der Waals surface area contributed by atoms with Gasteiger partial charge in [-0.25, -0.2) is 9.18 Å². The monoisotopic (exact) mass is 387 g/mol. The minimum Gasteiger partial charge on any atom is -0.477 e. The van der Waals surface area contributed by atoms with Gasteiger partial charge in [-0.3, -0.25) is 9.59 Å². The predicted octanol–water partition coefficient (Wildman–Crippen LogP) is 2.17. The van der Waals surface area contributed by atoms with Gasteiger partial charge in [0.05, 0.1) is 22.2 Å². The number of anilines is 1. The Balaban J connectivity index is 2.08. The number of aromatic carboxylic acids is 1. The molecule has 1 fully saturated rings. The number of Topliss-reactive ketones (excluding diaryl/α,β-unsaturated/α-hetero) is 1. The third kappa shape index (κ3) is 2.71. The first-order valence-electron chi connectivity index (χ1n) is 9.28. The molecule has 0 aliphatic carbocycles. The molecular formula is C20H22FN3O4. The number of halogens is 1. The van der Waals surface area contributed by atoms with Crippen molar-refractivity contribution < 1.29 is 19.1 Å². The average molecular weight is 387 g/mol. The summed E-state index contributed by atoms with van der Waals surface area (Å²) in [5, 5.41) is 12.7. The molecule has 148 valence electrons. The van der Waals surface area contributed by atoms with Gasteiger partial charge in [0, 0.05) is 43.8 Å². The Morgan fingerprint density at radius 2 is 2.07 bits per heavy atom. The van der Waals surface area contributed by atoms with E-state index in [0.717, 1.165) is 6.07 Å². The van der Waals surface area contributed by atoms with Crippen molar-refractivity contribution in [3.8, 4) is 0 Å². The minimum atomic E-state index is -1.37. The first kappa shape index (κ1) is 18.6. The molecule has 1 aromatic heterocycles. The van der Waals surface area contributed by atoms with Crippen LogP contribution in [0.2, 0.25) is 0 Å². The molecule has 1 atom stereocenters. The summed E-state index contributed by atoms with van der Waals surface area (Å²) in [6, 6.07) is 0.763. The van der Waals surface area contributed by atoms with Crippen LogP contribution in [0.3, 0.4) is 0 Å². The van der Waals surface area contributed by atoms with Crippen LogP contribution < -0.4 is 15.6 Å². The molecule has 8 heteroatoms. The van der Waals surface area contributed by atoms with Gasteiger partial charge in [0.2, 0.25) is 5.43 Å². The zero-order valence-electron chi connectivity index (χ0n) is 16.0. The number of piperazine rings is 1. The Labute approximate surface area is 160 Å². The van der Waals surface area contributed by atoms with Crippen LogP contribution >= 0.6 is 0 Å². The molecule has 2 aliphatic rings. The summed E-state index contributed by atoms with van der Waals surface area (Å²) >= 11 is 0. The number of carboxylic acids is 1. The summed E-state index contributed by atoms with van der Waals surface area (Å²) in [5.74, 6) is -2.27. The molecule has 4 rings (SSSR count). The van der Waals surface area contributed by atoms with Crippen LogP contribution in [0.4, 0.5) is 10.1 Å². The molecule has 0 bridgehead atoms. The number of ketones is 1.